The van der Waals surface area contributed by atoms with E-state index in [0.29, 0.717) is 38.8 Å². The van der Waals surface area contributed by atoms with E-state index in [1.165, 1.54) is 0 Å². The van der Waals surface area contributed by atoms with Gasteiger partial charge in [0.25, 0.3) is 23.6 Å². The van der Waals surface area contributed by atoms with Crippen molar-refractivity contribution >= 4 is 66.7 Å². The van der Waals surface area contributed by atoms with Gasteiger partial charge in [0.05, 0.1) is 5.56 Å². The van der Waals surface area contributed by atoms with Gasteiger partial charge in [0.15, 0.2) is 0 Å². The lowest BCUT2D eigenvalue weighted by molar-refractivity contribution is 0.0501. The van der Waals surface area contributed by atoms with Crippen LogP contribution in [0.5, 0.6) is 5.75 Å². The van der Waals surface area contributed by atoms with E-state index in [-0.39, 0.29) is 42.3 Å². The minimum atomic E-state index is -0.256. The summed E-state index contributed by atoms with van der Waals surface area (Å²) in [6.07, 6.45) is 20.5. The lowest BCUT2D eigenvalue weighted by Crippen LogP contribution is -2.47. The quantitative estimate of drug-likeness (QED) is 0.0248. The van der Waals surface area contributed by atoms with Crippen LogP contribution in [0.2, 0.25) is 0 Å². The second-order valence-electron chi connectivity index (χ2n) is 18.7. The molecule has 336 valence electrons. The number of imide groups is 2. The van der Waals surface area contributed by atoms with Crippen LogP contribution in [-0.2, 0) is 6.61 Å². The predicted octanol–water partition coefficient (Wildman–Crippen LogP) is 15.1. The largest absolute Gasteiger partial charge is 0.488 e. The topological polar surface area (TPSA) is 84.0 Å². The summed E-state index contributed by atoms with van der Waals surface area (Å²) in [6, 6.07) is 23.3. The molecule has 0 atom stereocenters. The highest BCUT2D eigenvalue weighted by Crippen LogP contribution is 2.50. The van der Waals surface area contributed by atoms with Crippen LogP contribution in [0.4, 0.5) is 0 Å². The van der Waals surface area contributed by atoms with Crippen LogP contribution in [0, 0.1) is 0 Å². The molecule has 0 spiro atoms. The molecule has 0 radical (unpaired) electrons. The van der Waals surface area contributed by atoms with Crippen LogP contribution >= 0.6 is 0 Å². The molecule has 6 aromatic rings. The molecule has 0 N–H and O–H groups in total. The van der Waals surface area contributed by atoms with Crippen molar-refractivity contribution in [3.8, 4) is 5.75 Å². The van der Waals surface area contributed by atoms with Crippen LogP contribution in [0.3, 0.4) is 0 Å². The maximum absolute atomic E-state index is 15.1. The average Bonchev–Trinajstić information content (AvgIpc) is 3.31. The Morgan fingerprint density at radius 3 is 1.27 bits per heavy atom. The second kappa shape index (κ2) is 20.7. The summed E-state index contributed by atoms with van der Waals surface area (Å²) in [4.78, 5) is 62.8. The Morgan fingerprint density at radius 1 is 0.406 bits per heavy atom. The van der Waals surface area contributed by atoms with Gasteiger partial charge in [0, 0.05) is 50.3 Å². The molecule has 0 aromatic heterocycles. The van der Waals surface area contributed by atoms with E-state index >= 15 is 4.79 Å². The van der Waals surface area contributed by atoms with Gasteiger partial charge in [-0.2, -0.15) is 0 Å². The lowest BCUT2D eigenvalue weighted by atomic mass is 9.81. The van der Waals surface area contributed by atoms with Gasteiger partial charge in [-0.05, 0) is 77.1 Å². The molecule has 0 unspecified atom stereocenters. The standard InChI is InChI=1S/C57H68N2O5/c1-5-9-13-20-26-39(27-21-14-10-6-2)58-54(60)44-33-30-41-42-31-34-46-51-47(57(63)59(56(46)62)40(28-22-15-11-7-3)29-23-16-12-8-4)36-48(64-37-38-24-18-17-19-25-38)52(53(42)51)43-32-35-45(55(58)61)50(44)49(41)43/h17-19,24-25,30-36,39-40H,5-16,20-23,26-29,37H2,1-4H3. The zero-order chi connectivity index (χ0) is 44.7. The van der Waals surface area contributed by atoms with E-state index < -0.39 is 0 Å². The van der Waals surface area contributed by atoms with Crippen molar-refractivity contribution in [1.29, 1.82) is 0 Å². The van der Waals surface area contributed by atoms with Crippen LogP contribution < -0.4 is 4.74 Å². The number of unbranched alkanes of at least 4 members (excludes halogenated alkanes) is 12. The first-order chi connectivity index (χ1) is 31.3. The van der Waals surface area contributed by atoms with Crippen molar-refractivity contribution in [2.75, 3.05) is 0 Å². The van der Waals surface area contributed by atoms with E-state index in [1.807, 2.05) is 72.8 Å². The Morgan fingerprint density at radius 2 is 0.812 bits per heavy atom. The summed E-state index contributed by atoms with van der Waals surface area (Å²) in [7, 11) is 0. The van der Waals surface area contributed by atoms with Gasteiger partial charge in [0.1, 0.15) is 12.4 Å². The van der Waals surface area contributed by atoms with Gasteiger partial charge < -0.3 is 4.74 Å². The van der Waals surface area contributed by atoms with Crippen molar-refractivity contribution in [2.45, 2.75) is 175 Å². The van der Waals surface area contributed by atoms with Gasteiger partial charge >= 0.3 is 0 Å². The summed E-state index contributed by atoms with van der Waals surface area (Å²) >= 11 is 0. The average molecular weight is 861 g/mol. The summed E-state index contributed by atoms with van der Waals surface area (Å²) < 4.78 is 6.82. The summed E-state index contributed by atoms with van der Waals surface area (Å²) in [6.45, 7) is 9.09. The number of nitrogens with zero attached hydrogens (tertiary/aromatic N) is 2. The van der Waals surface area contributed by atoms with Crippen molar-refractivity contribution in [3.63, 3.8) is 0 Å². The van der Waals surface area contributed by atoms with Crippen molar-refractivity contribution in [1.82, 2.24) is 9.80 Å². The molecule has 0 saturated heterocycles. The molecule has 64 heavy (non-hydrogen) atoms. The number of carbonyl (C=O) groups is 4. The van der Waals surface area contributed by atoms with E-state index in [2.05, 4.69) is 27.7 Å². The van der Waals surface area contributed by atoms with E-state index in [1.54, 1.807) is 9.80 Å². The molecular formula is C57H68N2O5. The molecule has 7 heteroatoms. The maximum Gasteiger partial charge on any atom is 0.261 e. The van der Waals surface area contributed by atoms with E-state index in [4.69, 9.17) is 4.74 Å². The fourth-order valence-corrected chi connectivity index (χ4v) is 10.9. The van der Waals surface area contributed by atoms with Crippen LogP contribution in [0.15, 0.2) is 72.8 Å². The zero-order valence-electron chi connectivity index (χ0n) is 38.9. The first-order valence-electron chi connectivity index (χ1n) is 25.0. The molecule has 7 nitrogen and oxygen atoms in total. The van der Waals surface area contributed by atoms with Gasteiger partial charge in [-0.25, -0.2) is 0 Å². The highest BCUT2D eigenvalue weighted by molar-refractivity contribution is 6.42. The van der Waals surface area contributed by atoms with Gasteiger partial charge in [-0.1, -0.05) is 179 Å². The fraction of sp³-hybridized carbons (Fsp3) is 0.474. The summed E-state index contributed by atoms with van der Waals surface area (Å²) in [5.74, 6) is -0.369. The summed E-state index contributed by atoms with van der Waals surface area (Å²) in [5, 5.41) is 6.38. The SMILES string of the molecule is CCCCCCC(CCCCCC)N1C(=O)c2ccc3c4ccc5c6c(cc(OCc7ccccc7)c(c7ccc(c2c37)C1=O)c64)C(=O)N(C(CCCCCC)CCCCCC)C5=O. The molecular weight excluding hydrogens is 793 g/mol. The number of amides is 4. The monoisotopic (exact) mass is 861 g/mol. The van der Waals surface area contributed by atoms with Crippen LogP contribution in [-0.4, -0.2) is 45.5 Å². The Hall–Kier alpha value is -5.30. The predicted molar refractivity (Wildman–Crippen MR) is 262 cm³/mol. The van der Waals surface area contributed by atoms with Gasteiger partial charge in [0.2, 0.25) is 0 Å². The molecule has 4 amide bonds. The fourth-order valence-electron chi connectivity index (χ4n) is 10.9. The van der Waals surface area contributed by atoms with Gasteiger partial charge in [-0.15, -0.1) is 0 Å². The highest BCUT2D eigenvalue weighted by Gasteiger charge is 2.41. The first-order valence-corrected chi connectivity index (χ1v) is 25.0. The molecule has 0 fully saturated rings. The Balaban J connectivity index is 1.28. The molecule has 2 heterocycles. The van der Waals surface area contributed by atoms with Crippen molar-refractivity contribution in [2.24, 2.45) is 0 Å². The third-order valence-electron chi connectivity index (χ3n) is 14.3. The molecule has 0 aliphatic carbocycles. The minimum absolute atomic E-state index is 0.152. The van der Waals surface area contributed by atoms with Crippen LogP contribution in [0.1, 0.15) is 203 Å². The molecule has 0 bridgehead atoms. The highest BCUT2D eigenvalue weighted by atomic mass is 16.5. The normalized spacial score (nSPS) is 14.0. The number of hydrogen-bond donors (Lipinski definition) is 0. The summed E-state index contributed by atoms with van der Waals surface area (Å²) in [5.41, 5.74) is 3.11. The number of ether oxygens (including phenoxy) is 1. The third-order valence-corrected chi connectivity index (χ3v) is 14.3. The molecule has 8 rings (SSSR count). The Labute approximate surface area is 380 Å². The zero-order valence-corrected chi connectivity index (χ0v) is 38.9. The van der Waals surface area contributed by atoms with Crippen molar-refractivity contribution < 1.29 is 23.9 Å². The van der Waals surface area contributed by atoms with E-state index in [0.717, 1.165) is 166 Å². The Kier molecular flexibility index (Phi) is 14.6. The van der Waals surface area contributed by atoms with Gasteiger partial charge in [-0.3, -0.25) is 29.0 Å². The molecule has 2 aliphatic heterocycles. The second-order valence-corrected chi connectivity index (χ2v) is 18.7. The van der Waals surface area contributed by atoms with Crippen molar-refractivity contribution in [3.05, 3.63) is 101 Å². The third kappa shape index (κ3) is 8.64. The lowest BCUT2D eigenvalue weighted by Gasteiger charge is -2.36. The Bertz CT molecular complexity index is 2580. The maximum atomic E-state index is 15.1. The van der Waals surface area contributed by atoms with E-state index in [9.17, 15) is 14.4 Å². The number of fused-ring (bicyclic) bond motifs is 2. The minimum Gasteiger partial charge on any atom is -0.488 e. The molecule has 6 aromatic carbocycles. The number of rotatable bonds is 25. The number of carbonyl (C=O) groups excluding carboxylic acids is 4. The smallest absolute Gasteiger partial charge is 0.261 e. The number of benzene rings is 6. The molecule has 2 aliphatic rings. The molecule has 0 saturated carbocycles. The first kappa shape index (κ1) is 45.3. The number of hydrogen-bond acceptors (Lipinski definition) is 5. The van der Waals surface area contributed by atoms with Crippen LogP contribution in [0.25, 0.3) is 43.1 Å².